The van der Waals surface area contributed by atoms with Crippen molar-refractivity contribution in [2.24, 2.45) is 0 Å². The first-order valence-corrected chi connectivity index (χ1v) is 6.54. The van der Waals surface area contributed by atoms with Gasteiger partial charge in [-0.2, -0.15) is 0 Å². The highest BCUT2D eigenvalue weighted by Crippen LogP contribution is 2.39. The first-order valence-electron chi connectivity index (χ1n) is 6.54. The minimum absolute atomic E-state index is 0.133. The molecule has 0 aliphatic carbocycles. The van der Waals surface area contributed by atoms with Crippen molar-refractivity contribution in [3.05, 3.63) is 27.9 Å². The lowest BCUT2D eigenvalue weighted by Crippen LogP contribution is -2.50. The Balaban J connectivity index is 2.55. The average molecular weight is 279 g/mol. The van der Waals surface area contributed by atoms with Gasteiger partial charge in [-0.05, 0) is 31.7 Å². The molecule has 1 fully saturated rings. The molecule has 2 rings (SSSR count). The Hall–Kier alpha value is -2.18. The summed E-state index contributed by atoms with van der Waals surface area (Å²) in [7, 11) is 0. The van der Waals surface area contributed by atoms with Crippen molar-refractivity contribution >= 4 is 17.5 Å². The molecule has 1 aromatic rings. The summed E-state index contributed by atoms with van der Waals surface area (Å²) in [6.07, 6.45) is 3.08. The van der Waals surface area contributed by atoms with Crippen molar-refractivity contribution in [3.8, 4) is 0 Å². The molecule has 20 heavy (non-hydrogen) atoms. The number of nitrogens with zero attached hydrogens (tertiary/aromatic N) is 3. The van der Waals surface area contributed by atoms with Gasteiger partial charge in [-0.25, -0.2) is 9.78 Å². The third-order valence-electron chi connectivity index (χ3n) is 3.91. The number of hydrogen-bond acceptors (Lipinski definition) is 5. The van der Waals surface area contributed by atoms with Crippen LogP contribution < -0.4 is 4.90 Å². The van der Waals surface area contributed by atoms with Gasteiger partial charge in [0.25, 0.3) is 0 Å². The number of carbonyl (C=O) groups is 1. The molecule has 7 heteroatoms. The lowest BCUT2D eigenvalue weighted by Gasteiger charge is -2.34. The first-order chi connectivity index (χ1) is 9.42. The van der Waals surface area contributed by atoms with E-state index >= 15 is 0 Å². The zero-order valence-corrected chi connectivity index (χ0v) is 11.5. The molecule has 1 atom stereocenters. The maximum atomic E-state index is 11.6. The minimum Gasteiger partial charge on any atom is -0.479 e. The van der Waals surface area contributed by atoms with E-state index in [1.807, 2.05) is 0 Å². The quantitative estimate of drug-likeness (QED) is 0.670. The Kier molecular flexibility index (Phi) is 3.61. The van der Waals surface area contributed by atoms with Crippen molar-refractivity contribution in [2.45, 2.75) is 38.6 Å². The molecule has 7 nitrogen and oxygen atoms in total. The predicted octanol–water partition coefficient (Wildman–Crippen LogP) is 2.13. The summed E-state index contributed by atoms with van der Waals surface area (Å²) in [5.74, 6) is -0.795. The van der Waals surface area contributed by atoms with Crippen LogP contribution in [0.2, 0.25) is 0 Å². The summed E-state index contributed by atoms with van der Waals surface area (Å²) in [6.45, 7) is 3.97. The summed E-state index contributed by atoms with van der Waals surface area (Å²) in [5, 5.41) is 20.7. The molecule has 0 bridgehead atoms. The van der Waals surface area contributed by atoms with Gasteiger partial charge in [-0.1, -0.05) is 6.92 Å². The lowest BCUT2D eigenvalue weighted by molar-refractivity contribution is -0.384. The molecular weight excluding hydrogens is 262 g/mol. The fourth-order valence-electron chi connectivity index (χ4n) is 2.82. The highest BCUT2D eigenvalue weighted by molar-refractivity contribution is 5.85. The van der Waals surface area contributed by atoms with Crippen molar-refractivity contribution in [2.75, 3.05) is 11.4 Å². The van der Waals surface area contributed by atoms with E-state index < -0.39 is 16.4 Å². The Labute approximate surface area is 116 Å². The highest BCUT2D eigenvalue weighted by Gasteiger charge is 2.48. The summed E-state index contributed by atoms with van der Waals surface area (Å²) < 4.78 is 0. The van der Waals surface area contributed by atoms with Gasteiger partial charge in [0.15, 0.2) is 0 Å². The Morgan fingerprint density at radius 1 is 1.65 bits per heavy atom. The number of aromatic nitrogens is 1. The summed E-state index contributed by atoms with van der Waals surface area (Å²) in [5.41, 5.74) is -0.546. The van der Waals surface area contributed by atoms with Crippen LogP contribution in [0.5, 0.6) is 0 Å². The Bertz CT molecular complexity index is 561. The first kappa shape index (κ1) is 14.2. The molecule has 1 aliphatic rings. The fourth-order valence-corrected chi connectivity index (χ4v) is 2.82. The normalized spacial score (nSPS) is 22.0. The zero-order valence-electron chi connectivity index (χ0n) is 11.5. The number of hydrogen-bond donors (Lipinski definition) is 1. The van der Waals surface area contributed by atoms with Crippen molar-refractivity contribution in [1.29, 1.82) is 0 Å². The fraction of sp³-hybridized carbons (Fsp3) is 0.538. The number of anilines is 1. The average Bonchev–Trinajstić information content (AvgIpc) is 2.83. The van der Waals surface area contributed by atoms with Crippen LogP contribution in [0.4, 0.5) is 11.5 Å². The second-order valence-corrected chi connectivity index (χ2v) is 5.06. The molecule has 1 saturated heterocycles. The molecule has 0 aromatic carbocycles. The molecule has 0 saturated carbocycles. The van der Waals surface area contributed by atoms with Crippen molar-refractivity contribution < 1.29 is 14.8 Å². The van der Waals surface area contributed by atoms with E-state index in [1.165, 1.54) is 12.3 Å². The Morgan fingerprint density at radius 2 is 2.35 bits per heavy atom. The number of nitro groups is 1. The van der Waals surface area contributed by atoms with Crippen LogP contribution >= 0.6 is 0 Å². The molecular formula is C13H17N3O4. The number of aliphatic carboxylic acids is 1. The van der Waals surface area contributed by atoms with Gasteiger partial charge in [0.2, 0.25) is 5.82 Å². The molecule has 108 valence electrons. The highest BCUT2D eigenvalue weighted by atomic mass is 16.6. The van der Waals surface area contributed by atoms with Gasteiger partial charge in [0.1, 0.15) is 5.54 Å². The van der Waals surface area contributed by atoms with E-state index in [4.69, 9.17) is 0 Å². The molecule has 0 spiro atoms. The van der Waals surface area contributed by atoms with Crippen LogP contribution in [0.15, 0.2) is 12.3 Å². The molecule has 1 aliphatic heterocycles. The van der Waals surface area contributed by atoms with Gasteiger partial charge in [-0.15, -0.1) is 0 Å². The summed E-state index contributed by atoms with van der Waals surface area (Å²) >= 11 is 0. The van der Waals surface area contributed by atoms with Crippen LogP contribution in [0.25, 0.3) is 0 Å². The van der Waals surface area contributed by atoms with Crippen molar-refractivity contribution in [1.82, 2.24) is 4.98 Å². The smallest absolute Gasteiger partial charge is 0.329 e. The number of carboxylic acids is 1. The summed E-state index contributed by atoms with van der Waals surface area (Å²) in [4.78, 5) is 28.0. The SMILES string of the molecule is CCC1(C(=O)O)CCCN1c1ncc(C)cc1[N+](=O)[O-]. The van der Waals surface area contributed by atoms with E-state index in [9.17, 15) is 20.0 Å². The van der Waals surface area contributed by atoms with E-state index in [0.29, 0.717) is 31.4 Å². The predicted molar refractivity (Wildman–Crippen MR) is 72.9 cm³/mol. The molecule has 0 radical (unpaired) electrons. The number of pyridine rings is 1. The standard InChI is InChI=1S/C13H17N3O4/c1-3-13(12(17)18)5-4-6-15(13)11-10(16(19)20)7-9(2)8-14-11/h7-8H,3-6H2,1-2H3,(H,17,18). The second kappa shape index (κ2) is 5.07. The van der Waals surface area contributed by atoms with Crippen LogP contribution in [0, 0.1) is 17.0 Å². The van der Waals surface area contributed by atoms with Crippen LogP contribution in [-0.4, -0.2) is 33.1 Å². The summed E-state index contributed by atoms with van der Waals surface area (Å²) in [6, 6.07) is 1.43. The third kappa shape index (κ3) is 2.09. The van der Waals surface area contributed by atoms with Gasteiger partial charge in [0.05, 0.1) is 4.92 Å². The van der Waals surface area contributed by atoms with Gasteiger partial charge in [-0.3, -0.25) is 10.1 Å². The van der Waals surface area contributed by atoms with Gasteiger partial charge < -0.3 is 10.0 Å². The molecule has 2 heterocycles. The molecule has 1 unspecified atom stereocenters. The van der Waals surface area contributed by atoms with E-state index in [-0.39, 0.29) is 11.5 Å². The van der Waals surface area contributed by atoms with E-state index in [0.717, 1.165) is 0 Å². The molecule has 1 N–H and O–H groups in total. The number of rotatable bonds is 4. The van der Waals surface area contributed by atoms with Crippen LogP contribution in [0.1, 0.15) is 31.7 Å². The topological polar surface area (TPSA) is 96.6 Å². The van der Waals surface area contributed by atoms with Gasteiger partial charge >= 0.3 is 11.7 Å². The largest absolute Gasteiger partial charge is 0.479 e. The van der Waals surface area contributed by atoms with Crippen LogP contribution in [0.3, 0.4) is 0 Å². The van der Waals surface area contributed by atoms with Crippen LogP contribution in [-0.2, 0) is 4.79 Å². The maximum absolute atomic E-state index is 11.6. The number of carboxylic acid groups (broad SMARTS) is 1. The maximum Gasteiger partial charge on any atom is 0.329 e. The van der Waals surface area contributed by atoms with E-state index in [1.54, 1.807) is 18.7 Å². The Morgan fingerprint density at radius 3 is 2.90 bits per heavy atom. The third-order valence-corrected chi connectivity index (χ3v) is 3.91. The molecule has 0 amide bonds. The monoisotopic (exact) mass is 279 g/mol. The van der Waals surface area contributed by atoms with Crippen molar-refractivity contribution in [3.63, 3.8) is 0 Å². The molecule has 1 aromatic heterocycles. The second-order valence-electron chi connectivity index (χ2n) is 5.06. The zero-order chi connectivity index (χ0) is 14.9. The van der Waals surface area contributed by atoms with Gasteiger partial charge in [0, 0.05) is 18.8 Å². The van der Waals surface area contributed by atoms with E-state index in [2.05, 4.69) is 4.98 Å². The number of aryl methyl sites for hydroxylation is 1. The lowest BCUT2D eigenvalue weighted by atomic mass is 9.93. The minimum atomic E-state index is -1.09.